The van der Waals surface area contributed by atoms with Crippen molar-refractivity contribution < 1.29 is 4.79 Å². The number of carbonyl (C=O) groups excluding carboxylic acids is 1. The van der Waals surface area contributed by atoms with Crippen molar-refractivity contribution >= 4 is 33.4 Å². The van der Waals surface area contributed by atoms with Crippen molar-refractivity contribution in [2.24, 2.45) is 5.92 Å². The van der Waals surface area contributed by atoms with Gasteiger partial charge in [-0.25, -0.2) is 0 Å². The molecule has 1 aromatic carbocycles. The van der Waals surface area contributed by atoms with Gasteiger partial charge in [-0.2, -0.15) is 0 Å². The highest BCUT2D eigenvalue weighted by Crippen LogP contribution is 2.14. The Kier molecular flexibility index (Phi) is 6.16. The number of halogens is 2. The fourth-order valence-corrected chi connectivity index (χ4v) is 2.04. The molecule has 0 radical (unpaired) electrons. The highest BCUT2D eigenvalue weighted by atomic mass is 79.9. The van der Waals surface area contributed by atoms with Gasteiger partial charge < -0.3 is 5.32 Å². The van der Waals surface area contributed by atoms with E-state index >= 15 is 0 Å². The van der Waals surface area contributed by atoms with E-state index in [0.717, 1.165) is 17.0 Å². The number of hydrogen-bond acceptors (Lipinski definition) is 1. The summed E-state index contributed by atoms with van der Waals surface area (Å²) < 4.78 is 0. The van der Waals surface area contributed by atoms with E-state index < -0.39 is 0 Å². The maximum absolute atomic E-state index is 11.9. The molecule has 0 bridgehead atoms. The fraction of sp³-hybridized carbons (Fsp3) is 0.500. The van der Waals surface area contributed by atoms with E-state index in [9.17, 15) is 4.79 Å². The Morgan fingerprint density at radius 1 is 1.39 bits per heavy atom. The number of hydrogen-bond donors (Lipinski definition) is 1. The van der Waals surface area contributed by atoms with E-state index in [2.05, 4.69) is 21.2 Å². The first-order valence-electron chi connectivity index (χ1n) is 6.09. The summed E-state index contributed by atoms with van der Waals surface area (Å²) in [5, 5.41) is 3.73. The lowest BCUT2D eigenvalue weighted by Gasteiger charge is -2.18. The predicted octanol–water partition coefficient (Wildman–Crippen LogP) is 3.81. The Morgan fingerprint density at radius 3 is 2.61 bits per heavy atom. The molecular weight excluding hydrogens is 314 g/mol. The monoisotopic (exact) mass is 331 g/mol. The fourth-order valence-electron chi connectivity index (χ4n) is 1.69. The van der Waals surface area contributed by atoms with Crippen molar-refractivity contribution in [2.75, 3.05) is 0 Å². The minimum Gasteiger partial charge on any atom is -0.352 e. The largest absolute Gasteiger partial charge is 0.352 e. The number of alkyl halides is 1. The maximum atomic E-state index is 11.9. The van der Waals surface area contributed by atoms with E-state index in [1.807, 2.05) is 45.0 Å². The lowest BCUT2D eigenvalue weighted by molar-refractivity contribution is -0.121. The predicted molar refractivity (Wildman–Crippen MR) is 80.3 cm³/mol. The minimum atomic E-state index is -0.140. The second kappa shape index (κ2) is 7.15. The molecule has 0 saturated carbocycles. The first kappa shape index (κ1) is 15.5. The number of rotatable bonds is 5. The van der Waals surface area contributed by atoms with E-state index in [4.69, 9.17) is 11.6 Å². The molecule has 0 heterocycles. The summed E-state index contributed by atoms with van der Waals surface area (Å²) in [4.78, 5) is 11.7. The Morgan fingerprint density at radius 2 is 2.06 bits per heavy atom. The lowest BCUT2D eigenvalue weighted by atomic mass is 10.1. The lowest BCUT2D eigenvalue weighted by Crippen LogP contribution is -2.40. The quantitative estimate of drug-likeness (QED) is 0.816. The van der Waals surface area contributed by atoms with Gasteiger partial charge in [0.25, 0.3) is 0 Å². The molecule has 0 fully saturated rings. The molecule has 0 aliphatic heterocycles. The first-order chi connectivity index (χ1) is 8.40. The van der Waals surface area contributed by atoms with Crippen LogP contribution in [0.3, 0.4) is 0 Å². The Labute approximate surface area is 122 Å². The van der Waals surface area contributed by atoms with E-state index in [0.29, 0.717) is 0 Å². The van der Waals surface area contributed by atoms with Gasteiger partial charge in [-0.05, 0) is 37.0 Å². The van der Waals surface area contributed by atoms with Crippen LogP contribution in [0.25, 0.3) is 0 Å². The molecule has 0 saturated heterocycles. The van der Waals surface area contributed by atoms with Gasteiger partial charge in [0.1, 0.15) is 0 Å². The highest BCUT2D eigenvalue weighted by Gasteiger charge is 2.19. The van der Waals surface area contributed by atoms with Crippen LogP contribution in [-0.2, 0) is 11.2 Å². The summed E-state index contributed by atoms with van der Waals surface area (Å²) in [5.41, 5.74) is 1.13. The molecule has 18 heavy (non-hydrogen) atoms. The molecule has 0 aliphatic rings. The van der Waals surface area contributed by atoms with E-state index in [1.54, 1.807) is 0 Å². The van der Waals surface area contributed by atoms with Crippen LogP contribution in [0.5, 0.6) is 0 Å². The van der Waals surface area contributed by atoms with Gasteiger partial charge in [0.15, 0.2) is 0 Å². The second-order valence-corrected chi connectivity index (χ2v) is 6.31. The SMILES string of the molecule is CC(Cc1cccc(Cl)c1)NC(=O)C(Br)C(C)C. The van der Waals surface area contributed by atoms with Crippen LogP contribution in [0.15, 0.2) is 24.3 Å². The zero-order chi connectivity index (χ0) is 13.7. The topological polar surface area (TPSA) is 29.1 Å². The molecular formula is C14H19BrClNO. The van der Waals surface area contributed by atoms with Gasteiger partial charge in [-0.3, -0.25) is 4.79 Å². The summed E-state index contributed by atoms with van der Waals surface area (Å²) in [7, 11) is 0. The standard InChI is InChI=1S/C14H19BrClNO/c1-9(2)13(15)14(18)17-10(3)7-11-5-4-6-12(16)8-11/h4-6,8-10,13H,7H2,1-3H3,(H,17,18). The molecule has 1 rings (SSSR count). The Bertz CT molecular complexity index is 409. The third kappa shape index (κ3) is 4.99. The molecule has 2 nitrogen and oxygen atoms in total. The number of amides is 1. The highest BCUT2D eigenvalue weighted by molar-refractivity contribution is 9.10. The van der Waals surface area contributed by atoms with Crippen molar-refractivity contribution in [3.63, 3.8) is 0 Å². The summed E-state index contributed by atoms with van der Waals surface area (Å²) in [6.45, 7) is 6.03. The van der Waals surface area contributed by atoms with Crippen LogP contribution in [0.1, 0.15) is 26.3 Å². The van der Waals surface area contributed by atoms with Gasteiger partial charge in [-0.1, -0.05) is 53.5 Å². The Hall–Kier alpha value is -0.540. The van der Waals surface area contributed by atoms with Crippen molar-refractivity contribution in [3.05, 3.63) is 34.9 Å². The molecule has 0 aliphatic carbocycles. The van der Waals surface area contributed by atoms with Crippen LogP contribution in [-0.4, -0.2) is 16.8 Å². The van der Waals surface area contributed by atoms with Crippen molar-refractivity contribution in [1.82, 2.24) is 5.32 Å². The van der Waals surface area contributed by atoms with Crippen molar-refractivity contribution in [2.45, 2.75) is 38.1 Å². The summed E-state index contributed by atoms with van der Waals surface area (Å²) in [6, 6.07) is 7.81. The maximum Gasteiger partial charge on any atom is 0.234 e. The Balaban J connectivity index is 2.51. The number of benzene rings is 1. The smallest absolute Gasteiger partial charge is 0.234 e. The van der Waals surface area contributed by atoms with Crippen LogP contribution >= 0.6 is 27.5 Å². The van der Waals surface area contributed by atoms with Crippen LogP contribution in [0, 0.1) is 5.92 Å². The molecule has 2 atom stereocenters. The molecule has 1 N–H and O–H groups in total. The first-order valence-corrected chi connectivity index (χ1v) is 7.38. The molecule has 1 amide bonds. The van der Waals surface area contributed by atoms with E-state index in [-0.39, 0.29) is 22.7 Å². The average Bonchev–Trinajstić information content (AvgIpc) is 2.27. The molecule has 100 valence electrons. The van der Waals surface area contributed by atoms with Gasteiger partial charge >= 0.3 is 0 Å². The minimum absolute atomic E-state index is 0.0412. The van der Waals surface area contributed by atoms with Crippen LogP contribution < -0.4 is 5.32 Å². The summed E-state index contributed by atoms with van der Waals surface area (Å²) >= 11 is 9.33. The van der Waals surface area contributed by atoms with E-state index in [1.165, 1.54) is 0 Å². The number of nitrogens with one attached hydrogen (secondary N) is 1. The van der Waals surface area contributed by atoms with Gasteiger partial charge in [0.2, 0.25) is 5.91 Å². The van der Waals surface area contributed by atoms with Crippen molar-refractivity contribution in [1.29, 1.82) is 0 Å². The van der Waals surface area contributed by atoms with Gasteiger partial charge in [0.05, 0.1) is 4.83 Å². The third-order valence-electron chi connectivity index (χ3n) is 2.66. The third-order valence-corrected chi connectivity index (χ3v) is 4.36. The molecule has 2 unspecified atom stereocenters. The molecule has 0 aromatic heterocycles. The van der Waals surface area contributed by atoms with Crippen LogP contribution in [0.2, 0.25) is 5.02 Å². The van der Waals surface area contributed by atoms with Crippen molar-refractivity contribution in [3.8, 4) is 0 Å². The van der Waals surface area contributed by atoms with Crippen LogP contribution in [0.4, 0.5) is 0 Å². The van der Waals surface area contributed by atoms with Gasteiger partial charge in [-0.15, -0.1) is 0 Å². The summed E-state index contributed by atoms with van der Waals surface area (Å²) in [6.07, 6.45) is 0.782. The normalized spacial score (nSPS) is 14.3. The second-order valence-electron chi connectivity index (χ2n) is 4.89. The molecule has 1 aromatic rings. The zero-order valence-electron chi connectivity index (χ0n) is 10.9. The average molecular weight is 333 g/mol. The molecule has 0 spiro atoms. The number of carbonyl (C=O) groups is 1. The molecule has 4 heteroatoms. The summed E-state index contributed by atoms with van der Waals surface area (Å²) in [5.74, 6) is 0.322. The zero-order valence-corrected chi connectivity index (χ0v) is 13.3. The van der Waals surface area contributed by atoms with Gasteiger partial charge in [0, 0.05) is 11.1 Å².